The number of fused-ring (bicyclic) bond motifs is 1. The molecule has 1 atom stereocenters. The Morgan fingerprint density at radius 1 is 1.23 bits per heavy atom. The van der Waals surface area contributed by atoms with E-state index in [2.05, 4.69) is 10.6 Å². The van der Waals surface area contributed by atoms with Gasteiger partial charge in [-0.05, 0) is 47.9 Å². The molecule has 9 heteroatoms. The zero-order valence-electron chi connectivity index (χ0n) is 15.9. The fourth-order valence-corrected chi connectivity index (χ4v) is 3.92. The van der Waals surface area contributed by atoms with Crippen molar-refractivity contribution in [3.8, 4) is 0 Å². The summed E-state index contributed by atoms with van der Waals surface area (Å²) in [6, 6.07) is 8.93. The average molecular weight is 432 g/mol. The van der Waals surface area contributed by atoms with Crippen LogP contribution >= 0.6 is 11.6 Å². The van der Waals surface area contributed by atoms with E-state index < -0.39 is 23.2 Å². The summed E-state index contributed by atoms with van der Waals surface area (Å²) in [5.74, 6) is -2.11. The molecule has 2 aromatic rings. The topological polar surface area (TPSA) is 98.7 Å². The molecule has 2 aromatic carbocycles. The highest BCUT2D eigenvalue weighted by atomic mass is 35.5. The maximum absolute atomic E-state index is 13.2. The van der Waals surface area contributed by atoms with E-state index in [1.54, 1.807) is 18.2 Å². The van der Waals surface area contributed by atoms with Crippen LogP contribution in [0.1, 0.15) is 24.0 Å². The van der Waals surface area contributed by atoms with Crippen molar-refractivity contribution in [2.45, 2.75) is 31.4 Å². The smallest absolute Gasteiger partial charge is 0.268 e. The monoisotopic (exact) mass is 431 g/mol. The molecule has 1 saturated heterocycles. The van der Waals surface area contributed by atoms with Crippen molar-refractivity contribution in [3.63, 3.8) is 0 Å². The number of nitrogens with zero attached hydrogens (tertiary/aromatic N) is 1. The molecule has 156 valence electrons. The molecule has 0 bridgehead atoms. The van der Waals surface area contributed by atoms with Crippen molar-refractivity contribution in [1.82, 2.24) is 5.32 Å². The van der Waals surface area contributed by atoms with Gasteiger partial charge in [0.1, 0.15) is 5.82 Å². The molecule has 2 heterocycles. The molecule has 30 heavy (non-hydrogen) atoms. The minimum Gasteiger partial charge on any atom is -0.372 e. The lowest BCUT2D eigenvalue weighted by atomic mass is 10.0. The van der Waals surface area contributed by atoms with Crippen LogP contribution in [0.2, 0.25) is 5.02 Å². The van der Waals surface area contributed by atoms with Gasteiger partial charge in [-0.1, -0.05) is 17.7 Å². The lowest BCUT2D eigenvalue weighted by molar-refractivity contribution is -0.149. The largest absolute Gasteiger partial charge is 0.372 e. The fourth-order valence-electron chi connectivity index (χ4n) is 3.69. The van der Waals surface area contributed by atoms with Gasteiger partial charge in [0, 0.05) is 42.3 Å². The van der Waals surface area contributed by atoms with Gasteiger partial charge in [0.25, 0.3) is 11.8 Å². The maximum atomic E-state index is 13.2. The van der Waals surface area contributed by atoms with Crippen molar-refractivity contribution in [1.29, 1.82) is 0 Å². The number of halogens is 2. The number of anilines is 2. The van der Waals surface area contributed by atoms with Crippen LogP contribution in [-0.4, -0.2) is 35.0 Å². The summed E-state index contributed by atoms with van der Waals surface area (Å²) in [6.07, 6.45) is 0.853. The first-order chi connectivity index (χ1) is 14.3. The minimum absolute atomic E-state index is 0.0495. The molecule has 0 aromatic heterocycles. The molecule has 3 amide bonds. The molecule has 0 saturated carbocycles. The summed E-state index contributed by atoms with van der Waals surface area (Å²) in [7, 11) is 0. The van der Waals surface area contributed by atoms with E-state index in [4.69, 9.17) is 11.6 Å². The molecule has 2 aliphatic rings. The first kappa shape index (κ1) is 20.3. The van der Waals surface area contributed by atoms with Gasteiger partial charge in [-0.15, -0.1) is 0 Å². The summed E-state index contributed by atoms with van der Waals surface area (Å²) in [6.45, 7) is 0.122. The van der Waals surface area contributed by atoms with Gasteiger partial charge in [0.2, 0.25) is 11.5 Å². The number of aryl methyl sites for hydroxylation is 1. The van der Waals surface area contributed by atoms with E-state index in [-0.39, 0.29) is 30.4 Å². The Kier molecular flexibility index (Phi) is 5.21. The van der Waals surface area contributed by atoms with Crippen LogP contribution in [0.25, 0.3) is 0 Å². The second-order valence-corrected chi connectivity index (χ2v) is 7.78. The molecule has 1 unspecified atom stereocenters. The SMILES string of the molecule is O=C1CCc2cc(N3CCC(O)(C(=O)NCc4ccc(F)cc4Cl)C3=O)ccc2N1. The quantitative estimate of drug-likeness (QED) is 0.646. The summed E-state index contributed by atoms with van der Waals surface area (Å²) in [5, 5.41) is 16.2. The lowest BCUT2D eigenvalue weighted by Gasteiger charge is -2.24. The van der Waals surface area contributed by atoms with Gasteiger partial charge in [-0.3, -0.25) is 14.4 Å². The van der Waals surface area contributed by atoms with Gasteiger partial charge >= 0.3 is 0 Å². The van der Waals surface area contributed by atoms with E-state index in [0.717, 1.165) is 11.6 Å². The molecule has 0 aliphatic carbocycles. The molecular formula is C21H19ClFN3O4. The standard InChI is InChI=1S/C21H19ClFN3O4/c22-16-10-14(23)3-1-13(16)11-24-19(28)21(30)7-8-26(20(21)29)15-4-5-17-12(9-15)2-6-18(27)25-17/h1,3-5,9-10,30H,2,6-8,11H2,(H,24,28)(H,25,27). The third-order valence-corrected chi connectivity index (χ3v) is 5.77. The number of hydrogen-bond donors (Lipinski definition) is 3. The summed E-state index contributed by atoms with van der Waals surface area (Å²) < 4.78 is 13.2. The Hall–Kier alpha value is -2.97. The zero-order valence-corrected chi connectivity index (χ0v) is 16.6. The normalized spacial score (nSPS) is 20.7. The zero-order chi connectivity index (χ0) is 21.5. The third-order valence-electron chi connectivity index (χ3n) is 5.42. The first-order valence-corrected chi connectivity index (χ1v) is 9.85. The van der Waals surface area contributed by atoms with Crippen LogP contribution in [0, 0.1) is 5.82 Å². The highest BCUT2D eigenvalue weighted by Crippen LogP contribution is 2.33. The van der Waals surface area contributed by atoms with E-state index in [1.807, 2.05) is 0 Å². The number of benzene rings is 2. The summed E-state index contributed by atoms with van der Waals surface area (Å²) in [5.41, 5.74) is 0.419. The highest BCUT2D eigenvalue weighted by molar-refractivity contribution is 6.31. The second kappa shape index (κ2) is 7.70. The number of amides is 3. The molecule has 0 radical (unpaired) electrons. The van der Waals surface area contributed by atoms with Crippen LogP contribution in [-0.2, 0) is 27.3 Å². The number of nitrogens with one attached hydrogen (secondary N) is 2. The third kappa shape index (κ3) is 3.64. The Bertz CT molecular complexity index is 1060. The number of carbonyl (C=O) groups excluding carboxylic acids is 3. The molecule has 4 rings (SSSR count). The van der Waals surface area contributed by atoms with Gasteiger partial charge in [0.15, 0.2) is 0 Å². The van der Waals surface area contributed by atoms with E-state index in [9.17, 15) is 23.9 Å². The predicted molar refractivity (Wildman–Crippen MR) is 109 cm³/mol. The Morgan fingerprint density at radius 2 is 2.03 bits per heavy atom. The van der Waals surface area contributed by atoms with Crippen molar-refractivity contribution in [3.05, 3.63) is 58.4 Å². The summed E-state index contributed by atoms with van der Waals surface area (Å²) >= 11 is 5.95. The maximum Gasteiger partial charge on any atom is 0.268 e. The van der Waals surface area contributed by atoms with E-state index >= 15 is 0 Å². The number of aliphatic hydroxyl groups is 1. The average Bonchev–Trinajstić information content (AvgIpc) is 3.02. The Labute approximate surface area is 176 Å². The number of rotatable bonds is 4. The molecule has 2 aliphatic heterocycles. The molecule has 1 fully saturated rings. The molecular weight excluding hydrogens is 413 g/mol. The molecule has 0 spiro atoms. The van der Waals surface area contributed by atoms with Crippen LogP contribution in [0.15, 0.2) is 36.4 Å². The minimum atomic E-state index is -2.20. The summed E-state index contributed by atoms with van der Waals surface area (Å²) in [4.78, 5) is 38.3. The van der Waals surface area contributed by atoms with Crippen molar-refractivity contribution < 1.29 is 23.9 Å². The predicted octanol–water partition coefficient (Wildman–Crippen LogP) is 2.15. The Morgan fingerprint density at radius 3 is 2.80 bits per heavy atom. The van der Waals surface area contributed by atoms with Gasteiger partial charge < -0.3 is 20.6 Å². The molecule has 3 N–H and O–H groups in total. The van der Waals surface area contributed by atoms with Crippen LogP contribution < -0.4 is 15.5 Å². The number of carbonyl (C=O) groups is 3. The first-order valence-electron chi connectivity index (χ1n) is 9.47. The van der Waals surface area contributed by atoms with Crippen molar-refractivity contribution in [2.24, 2.45) is 0 Å². The fraction of sp³-hybridized carbons (Fsp3) is 0.286. The Balaban J connectivity index is 1.47. The highest BCUT2D eigenvalue weighted by Gasteiger charge is 2.51. The molecule has 7 nitrogen and oxygen atoms in total. The number of hydrogen-bond acceptors (Lipinski definition) is 4. The van der Waals surface area contributed by atoms with Gasteiger partial charge in [0.05, 0.1) is 0 Å². The second-order valence-electron chi connectivity index (χ2n) is 7.38. The van der Waals surface area contributed by atoms with Gasteiger partial charge in [-0.2, -0.15) is 0 Å². The van der Waals surface area contributed by atoms with Crippen LogP contribution in [0.5, 0.6) is 0 Å². The van der Waals surface area contributed by atoms with E-state index in [0.29, 0.717) is 29.8 Å². The van der Waals surface area contributed by atoms with Gasteiger partial charge in [-0.25, -0.2) is 4.39 Å². The van der Waals surface area contributed by atoms with Crippen molar-refractivity contribution >= 4 is 40.7 Å². The van der Waals surface area contributed by atoms with Crippen LogP contribution in [0.4, 0.5) is 15.8 Å². The van der Waals surface area contributed by atoms with Crippen molar-refractivity contribution in [2.75, 3.05) is 16.8 Å². The van der Waals surface area contributed by atoms with Crippen LogP contribution in [0.3, 0.4) is 0 Å². The lowest BCUT2D eigenvalue weighted by Crippen LogP contribution is -2.52. The van der Waals surface area contributed by atoms with E-state index in [1.165, 1.54) is 17.0 Å².